The smallest absolute Gasteiger partial charge is 1.00 e. The van der Waals surface area contributed by atoms with E-state index in [9.17, 15) is 0 Å². The van der Waals surface area contributed by atoms with Crippen molar-refractivity contribution in [3.63, 3.8) is 0 Å². The van der Waals surface area contributed by atoms with Crippen LogP contribution in [0.25, 0.3) is 0 Å². The molecule has 0 aromatic heterocycles. The first-order chi connectivity index (χ1) is 1.73. The molecular formula is HIKNaO3Se. The molecule has 0 fully saturated rings. The predicted octanol–water partition coefficient (Wildman–Crippen LogP) is -11.2. The minimum atomic E-state index is -3.54. The van der Waals surface area contributed by atoms with Crippen LogP contribution in [-0.2, 0) is 3.83 Å². The molecule has 3 nitrogen and oxygen atoms in total. The molecule has 0 rings (SSSR count). The van der Waals surface area contributed by atoms with Crippen LogP contribution in [0.5, 0.6) is 0 Å². The van der Waals surface area contributed by atoms with Gasteiger partial charge in [0.2, 0.25) is 0 Å². The maximum atomic E-state index is 8.65. The minimum absolute atomic E-state index is 0. The van der Waals surface area contributed by atoms with Crippen molar-refractivity contribution in [2.75, 3.05) is 0 Å². The van der Waals surface area contributed by atoms with Crippen LogP contribution < -0.4 is 109 Å². The van der Waals surface area contributed by atoms with Crippen molar-refractivity contribution in [2.45, 2.75) is 0 Å². The Morgan fingerprint density at radius 1 is 1.57 bits per heavy atom. The zero-order valence-electron chi connectivity index (χ0n) is 4.05. The summed E-state index contributed by atoms with van der Waals surface area (Å²) in [6.45, 7) is 0. The summed E-state index contributed by atoms with van der Waals surface area (Å²) in [5, 5.41) is 0. The standard InChI is InChI=1S/HI.K.Na.H2O3Se/c;;;1-4(2)3/h1H;;;(H2,1,2,3)/q;2*+1;/p-2. The van der Waals surface area contributed by atoms with E-state index in [2.05, 4.69) is 0 Å². The third kappa shape index (κ3) is 42.7. The molecule has 0 aromatic rings. The SMILES string of the molecule is O=[Se]([O-])O.[I-].[K+].[Na+]. The molecule has 7 heavy (non-hydrogen) atoms. The summed E-state index contributed by atoms with van der Waals surface area (Å²) in [6, 6.07) is 0. The Labute approximate surface area is 128 Å². The molecule has 0 aromatic carbocycles. The van der Waals surface area contributed by atoms with Crippen LogP contribution in [0.1, 0.15) is 0 Å². The van der Waals surface area contributed by atoms with Crippen LogP contribution in [-0.4, -0.2) is 18.7 Å². The van der Waals surface area contributed by atoms with Gasteiger partial charge in [-0.3, -0.25) is 0 Å². The van der Waals surface area contributed by atoms with E-state index >= 15 is 0 Å². The molecule has 34 valence electrons. The Kier molecular flexibility index (Phi) is 52.2. The van der Waals surface area contributed by atoms with Gasteiger partial charge in [0.25, 0.3) is 0 Å². The van der Waals surface area contributed by atoms with Crippen LogP contribution in [0.2, 0.25) is 0 Å². The maximum absolute atomic E-state index is 8.65. The average Bonchev–Trinajstić information content (AvgIpc) is 0.811. The van der Waals surface area contributed by atoms with E-state index in [4.69, 9.17) is 12.2 Å². The number of hydrogen-bond donors (Lipinski definition) is 1. The van der Waals surface area contributed by atoms with E-state index in [1.54, 1.807) is 0 Å². The van der Waals surface area contributed by atoms with Crippen molar-refractivity contribution >= 4 is 14.5 Å². The molecule has 0 saturated heterocycles. The molecule has 0 amide bonds. The topological polar surface area (TPSA) is 60.4 Å². The van der Waals surface area contributed by atoms with Crippen molar-refractivity contribution in [3.05, 3.63) is 0 Å². The van der Waals surface area contributed by atoms with Gasteiger partial charge in [0.1, 0.15) is 0 Å². The van der Waals surface area contributed by atoms with Gasteiger partial charge in [-0.1, -0.05) is 0 Å². The number of halogens is 1. The van der Waals surface area contributed by atoms with E-state index in [1.165, 1.54) is 0 Å². The van der Waals surface area contributed by atoms with Gasteiger partial charge < -0.3 is 24.0 Å². The molecule has 1 N–H and O–H groups in total. The van der Waals surface area contributed by atoms with E-state index < -0.39 is 14.5 Å². The molecule has 7 heteroatoms. The van der Waals surface area contributed by atoms with Gasteiger partial charge in [-0.15, -0.1) is 0 Å². The van der Waals surface area contributed by atoms with E-state index in [-0.39, 0.29) is 105 Å². The van der Waals surface area contributed by atoms with Crippen LogP contribution in [0.4, 0.5) is 0 Å². The zero-order valence-corrected chi connectivity index (χ0v) is 13.0. The van der Waals surface area contributed by atoms with Gasteiger partial charge in [-0.2, -0.15) is 0 Å². The van der Waals surface area contributed by atoms with Crippen LogP contribution in [0.15, 0.2) is 0 Å². The molecule has 0 aliphatic carbocycles. The van der Waals surface area contributed by atoms with Crippen molar-refractivity contribution in [1.29, 1.82) is 0 Å². The molecule has 0 saturated carbocycles. The first-order valence-corrected chi connectivity index (χ1v) is 2.68. The van der Waals surface area contributed by atoms with Crippen LogP contribution >= 0.6 is 0 Å². The Morgan fingerprint density at radius 3 is 1.57 bits per heavy atom. The Bertz CT molecular complexity index is 37.9. The molecule has 0 spiro atoms. The monoisotopic (exact) mass is 318 g/mol. The normalized spacial score (nSPS) is 8.86. The fourth-order valence-electron chi connectivity index (χ4n) is 0. The molecule has 0 aliphatic heterocycles. The Balaban J connectivity index is -0.0000000150. The quantitative estimate of drug-likeness (QED) is 0.357. The van der Waals surface area contributed by atoms with Gasteiger partial charge in [-0.05, 0) is 0 Å². The summed E-state index contributed by atoms with van der Waals surface area (Å²) in [5.74, 6) is 0. The first-order valence-electron chi connectivity index (χ1n) is 0.516. The summed E-state index contributed by atoms with van der Waals surface area (Å²) in [5.41, 5.74) is 0. The third-order valence-electron chi connectivity index (χ3n) is 0. The number of rotatable bonds is 0. The fraction of sp³-hybridized carbons (Fsp3) is 0. The summed E-state index contributed by atoms with van der Waals surface area (Å²) < 4.78 is 24.4. The molecule has 0 radical (unpaired) electrons. The van der Waals surface area contributed by atoms with Crippen molar-refractivity contribution < 1.29 is 117 Å². The second kappa shape index (κ2) is 16.3. The second-order valence-electron chi connectivity index (χ2n) is 0.217. The van der Waals surface area contributed by atoms with Gasteiger partial charge in [-0.25, -0.2) is 0 Å². The largest absolute Gasteiger partial charge is 1.00 e. The molecule has 1 unspecified atom stereocenters. The van der Waals surface area contributed by atoms with Gasteiger partial charge in [0, 0.05) is 0 Å². The Hall–Kier alpha value is 3.61. The van der Waals surface area contributed by atoms with Gasteiger partial charge in [0.05, 0.1) is 0 Å². The number of hydrogen-bond acceptors (Lipinski definition) is 2. The summed E-state index contributed by atoms with van der Waals surface area (Å²) in [4.78, 5) is 0. The van der Waals surface area contributed by atoms with Gasteiger partial charge in [0.15, 0.2) is 0 Å². The van der Waals surface area contributed by atoms with E-state index in [0.717, 1.165) is 0 Å². The molecule has 0 heterocycles. The van der Waals surface area contributed by atoms with Crippen molar-refractivity contribution in [2.24, 2.45) is 0 Å². The average molecular weight is 317 g/mol. The van der Waals surface area contributed by atoms with Crippen molar-refractivity contribution in [3.8, 4) is 0 Å². The minimum Gasteiger partial charge on any atom is -1.00 e. The van der Waals surface area contributed by atoms with Gasteiger partial charge >= 0.3 is 108 Å². The van der Waals surface area contributed by atoms with Crippen molar-refractivity contribution in [1.82, 2.24) is 0 Å². The Morgan fingerprint density at radius 2 is 1.57 bits per heavy atom. The third-order valence-corrected chi connectivity index (χ3v) is 0. The molecular weight excluding hydrogens is 316 g/mol. The predicted molar refractivity (Wildman–Crippen MR) is 8.66 cm³/mol. The summed E-state index contributed by atoms with van der Waals surface area (Å²) >= 11 is -3.54. The maximum Gasteiger partial charge on any atom is 1.00 e. The summed E-state index contributed by atoms with van der Waals surface area (Å²) in [6.07, 6.45) is 0. The van der Waals surface area contributed by atoms with Crippen LogP contribution in [0, 0.1) is 0 Å². The molecule has 1 atom stereocenters. The summed E-state index contributed by atoms with van der Waals surface area (Å²) in [7, 11) is 0. The first kappa shape index (κ1) is 22.4. The zero-order chi connectivity index (χ0) is 3.58. The molecule has 0 bridgehead atoms. The fourth-order valence-corrected chi connectivity index (χ4v) is 0. The van der Waals surface area contributed by atoms with E-state index in [0.29, 0.717) is 0 Å². The molecule has 0 aliphatic rings. The van der Waals surface area contributed by atoms with Crippen LogP contribution in [0.3, 0.4) is 0 Å². The van der Waals surface area contributed by atoms with E-state index in [1.807, 2.05) is 0 Å². The second-order valence-corrected chi connectivity index (χ2v) is 1.13.